The number of rotatable bonds is 4. The van der Waals surface area contributed by atoms with Crippen molar-refractivity contribution >= 4 is 17.3 Å². The molecule has 3 rings (SSSR count). The van der Waals surface area contributed by atoms with Crippen molar-refractivity contribution in [1.82, 2.24) is 9.80 Å². The van der Waals surface area contributed by atoms with Crippen LogP contribution in [-0.4, -0.2) is 60.2 Å². The van der Waals surface area contributed by atoms with Crippen molar-refractivity contribution in [2.75, 3.05) is 32.7 Å². The van der Waals surface area contributed by atoms with Gasteiger partial charge in [0, 0.05) is 19.5 Å². The van der Waals surface area contributed by atoms with Crippen LogP contribution in [-0.2, 0) is 9.63 Å². The third-order valence-electron chi connectivity index (χ3n) is 4.33. The Morgan fingerprint density at radius 1 is 1.35 bits per heavy atom. The summed E-state index contributed by atoms with van der Waals surface area (Å²) in [6.07, 6.45) is 0.612. The Bertz CT molecular complexity index is 648. The van der Waals surface area contributed by atoms with E-state index in [0.717, 1.165) is 30.9 Å². The van der Waals surface area contributed by atoms with Gasteiger partial charge in [-0.25, -0.2) is 4.85 Å². The van der Waals surface area contributed by atoms with E-state index in [0.29, 0.717) is 25.2 Å². The van der Waals surface area contributed by atoms with Crippen LogP contribution in [0.25, 0.3) is 4.85 Å². The summed E-state index contributed by atoms with van der Waals surface area (Å²) < 4.78 is 0. The molecule has 1 aromatic rings. The second-order valence-electron chi connectivity index (χ2n) is 5.84. The quantitative estimate of drug-likeness (QED) is 0.798. The maximum absolute atomic E-state index is 12.1. The monoisotopic (exact) mass is 312 g/mol. The van der Waals surface area contributed by atoms with E-state index in [4.69, 9.17) is 11.4 Å². The molecular weight excluding hydrogens is 292 g/mol. The van der Waals surface area contributed by atoms with Crippen LogP contribution in [0.2, 0.25) is 0 Å². The van der Waals surface area contributed by atoms with Crippen molar-refractivity contribution in [3.05, 3.63) is 41.2 Å². The minimum atomic E-state index is -0.0809. The van der Waals surface area contributed by atoms with Crippen LogP contribution in [0.5, 0.6) is 0 Å². The third-order valence-corrected chi connectivity index (χ3v) is 4.33. The van der Waals surface area contributed by atoms with E-state index in [-0.39, 0.29) is 12.0 Å². The SMILES string of the molecule is [C-]#[N+]c1ccc(C2=NOC(CN3CCN(CC)CC3=O)C2)cc1. The van der Waals surface area contributed by atoms with Crippen LogP contribution in [0.15, 0.2) is 29.4 Å². The van der Waals surface area contributed by atoms with E-state index in [1.54, 1.807) is 12.1 Å². The summed E-state index contributed by atoms with van der Waals surface area (Å²) in [6, 6.07) is 7.35. The number of carbonyl (C=O) groups is 1. The number of hydrogen-bond donors (Lipinski definition) is 0. The number of likely N-dealkylation sites (N-methyl/N-ethyl adjacent to an activating group) is 1. The van der Waals surface area contributed by atoms with Crippen molar-refractivity contribution in [3.63, 3.8) is 0 Å². The van der Waals surface area contributed by atoms with Gasteiger partial charge in [-0.2, -0.15) is 0 Å². The Morgan fingerprint density at radius 3 is 2.78 bits per heavy atom. The first kappa shape index (κ1) is 15.5. The molecule has 1 aromatic carbocycles. The molecule has 1 fully saturated rings. The Labute approximate surface area is 136 Å². The molecule has 0 N–H and O–H groups in total. The van der Waals surface area contributed by atoms with Gasteiger partial charge in [-0.3, -0.25) is 9.69 Å². The molecule has 0 bridgehead atoms. The molecular formula is C17H20N4O2. The summed E-state index contributed by atoms with van der Waals surface area (Å²) in [5, 5.41) is 4.16. The van der Waals surface area contributed by atoms with Gasteiger partial charge in [0.1, 0.15) is 0 Å². The van der Waals surface area contributed by atoms with Crippen molar-refractivity contribution in [3.8, 4) is 0 Å². The van der Waals surface area contributed by atoms with Gasteiger partial charge in [-0.05, 0) is 12.1 Å². The van der Waals surface area contributed by atoms with E-state index < -0.39 is 0 Å². The first-order valence-electron chi connectivity index (χ1n) is 7.90. The molecule has 1 unspecified atom stereocenters. The second kappa shape index (κ2) is 6.80. The minimum absolute atomic E-state index is 0.0809. The number of carbonyl (C=O) groups excluding carboxylic acids is 1. The number of benzene rings is 1. The molecule has 6 nitrogen and oxygen atoms in total. The fourth-order valence-corrected chi connectivity index (χ4v) is 2.89. The predicted octanol–water partition coefficient (Wildman–Crippen LogP) is 1.89. The molecule has 120 valence electrons. The predicted molar refractivity (Wildman–Crippen MR) is 87.4 cm³/mol. The molecule has 2 aliphatic heterocycles. The molecule has 0 spiro atoms. The lowest BCUT2D eigenvalue weighted by Crippen LogP contribution is -2.52. The summed E-state index contributed by atoms with van der Waals surface area (Å²) in [7, 11) is 0. The Hall–Kier alpha value is -2.39. The fraction of sp³-hybridized carbons (Fsp3) is 0.471. The van der Waals surface area contributed by atoms with Gasteiger partial charge >= 0.3 is 0 Å². The Balaban J connectivity index is 1.55. The molecule has 1 amide bonds. The minimum Gasteiger partial charge on any atom is -0.390 e. The van der Waals surface area contributed by atoms with Gasteiger partial charge in [-0.1, -0.05) is 36.3 Å². The Kier molecular flexibility index (Phi) is 4.58. The zero-order valence-corrected chi connectivity index (χ0v) is 13.2. The second-order valence-corrected chi connectivity index (χ2v) is 5.84. The molecule has 2 heterocycles. The lowest BCUT2D eigenvalue weighted by Gasteiger charge is -2.34. The maximum Gasteiger partial charge on any atom is 0.236 e. The largest absolute Gasteiger partial charge is 0.390 e. The van der Waals surface area contributed by atoms with Gasteiger partial charge < -0.3 is 9.74 Å². The van der Waals surface area contributed by atoms with Gasteiger partial charge in [0.2, 0.25) is 5.91 Å². The zero-order chi connectivity index (χ0) is 16.2. The van der Waals surface area contributed by atoms with Gasteiger partial charge in [-0.15, -0.1) is 0 Å². The molecule has 2 aliphatic rings. The van der Waals surface area contributed by atoms with Crippen molar-refractivity contribution < 1.29 is 9.63 Å². The molecule has 23 heavy (non-hydrogen) atoms. The number of oxime groups is 1. The molecule has 6 heteroatoms. The summed E-state index contributed by atoms with van der Waals surface area (Å²) in [5.41, 5.74) is 2.47. The number of piperazine rings is 1. The first-order chi connectivity index (χ1) is 11.2. The zero-order valence-electron chi connectivity index (χ0n) is 13.2. The highest BCUT2D eigenvalue weighted by atomic mass is 16.6. The van der Waals surface area contributed by atoms with Crippen LogP contribution in [0, 0.1) is 6.57 Å². The summed E-state index contributed by atoms with van der Waals surface area (Å²) >= 11 is 0. The normalized spacial score (nSPS) is 21.7. The van der Waals surface area contributed by atoms with Crippen molar-refractivity contribution in [1.29, 1.82) is 0 Å². The van der Waals surface area contributed by atoms with Gasteiger partial charge in [0.25, 0.3) is 0 Å². The number of hydrogen-bond acceptors (Lipinski definition) is 4. The average Bonchev–Trinajstić information content (AvgIpc) is 3.05. The van der Waals surface area contributed by atoms with Gasteiger partial charge in [0.15, 0.2) is 11.8 Å². The highest BCUT2D eigenvalue weighted by molar-refractivity contribution is 6.01. The highest BCUT2D eigenvalue weighted by Crippen LogP contribution is 2.20. The van der Waals surface area contributed by atoms with Crippen LogP contribution in [0.4, 0.5) is 5.69 Å². The molecule has 0 aliphatic carbocycles. The molecule has 0 saturated carbocycles. The molecule has 1 saturated heterocycles. The van der Waals surface area contributed by atoms with Gasteiger partial charge in [0.05, 0.1) is 25.4 Å². The van der Waals surface area contributed by atoms with E-state index in [2.05, 4.69) is 21.8 Å². The van der Waals surface area contributed by atoms with Crippen molar-refractivity contribution in [2.24, 2.45) is 5.16 Å². The van der Waals surface area contributed by atoms with E-state index in [1.165, 1.54) is 0 Å². The third kappa shape index (κ3) is 3.51. The number of amides is 1. The van der Waals surface area contributed by atoms with E-state index in [9.17, 15) is 4.79 Å². The first-order valence-corrected chi connectivity index (χ1v) is 7.90. The maximum atomic E-state index is 12.1. The summed E-state index contributed by atoms with van der Waals surface area (Å²) in [4.78, 5) is 25.0. The van der Waals surface area contributed by atoms with Crippen LogP contribution in [0.3, 0.4) is 0 Å². The lowest BCUT2D eigenvalue weighted by molar-refractivity contribution is -0.137. The van der Waals surface area contributed by atoms with E-state index in [1.807, 2.05) is 17.0 Å². The average molecular weight is 312 g/mol. The number of nitrogens with zero attached hydrogens (tertiary/aromatic N) is 4. The highest BCUT2D eigenvalue weighted by Gasteiger charge is 2.29. The van der Waals surface area contributed by atoms with Crippen LogP contribution >= 0.6 is 0 Å². The Morgan fingerprint density at radius 2 is 2.13 bits per heavy atom. The standard InChI is InChI=1S/C17H20N4O2/c1-3-20-8-9-21(17(22)12-20)11-15-10-16(19-23-15)13-4-6-14(18-2)7-5-13/h4-7,15H,3,8-12H2,1H3. The molecule has 0 radical (unpaired) electrons. The smallest absolute Gasteiger partial charge is 0.236 e. The lowest BCUT2D eigenvalue weighted by atomic mass is 10.0. The summed E-state index contributed by atoms with van der Waals surface area (Å²) in [6.45, 7) is 12.7. The molecule has 1 atom stereocenters. The van der Waals surface area contributed by atoms with Crippen LogP contribution < -0.4 is 0 Å². The summed E-state index contributed by atoms with van der Waals surface area (Å²) in [5.74, 6) is 0.163. The fourth-order valence-electron chi connectivity index (χ4n) is 2.89. The van der Waals surface area contributed by atoms with E-state index >= 15 is 0 Å². The van der Waals surface area contributed by atoms with Crippen LogP contribution in [0.1, 0.15) is 18.9 Å². The topological polar surface area (TPSA) is 49.5 Å². The van der Waals surface area contributed by atoms with Crippen molar-refractivity contribution in [2.45, 2.75) is 19.4 Å². The molecule has 0 aromatic heterocycles.